The van der Waals surface area contributed by atoms with Gasteiger partial charge in [-0.2, -0.15) is 10.5 Å². The topological polar surface area (TPSA) is 86.7 Å². The average Bonchev–Trinajstić information content (AvgIpc) is 3.34. The zero-order chi connectivity index (χ0) is 24.5. The van der Waals surface area contributed by atoms with E-state index in [1.165, 1.54) is 6.26 Å². The first kappa shape index (κ1) is 23.0. The molecule has 0 N–H and O–H groups in total. The lowest BCUT2D eigenvalue weighted by Gasteiger charge is -2.31. The van der Waals surface area contributed by atoms with Crippen molar-refractivity contribution in [3.63, 3.8) is 0 Å². The summed E-state index contributed by atoms with van der Waals surface area (Å²) < 4.78 is 25.9. The largest absolute Gasteiger partial charge is 0.322 e. The molecule has 0 aliphatic rings. The summed E-state index contributed by atoms with van der Waals surface area (Å²) in [6, 6.07) is 27.0. The Bertz CT molecular complexity index is 1580. The minimum Gasteiger partial charge on any atom is -0.322 e. The fourth-order valence-corrected chi connectivity index (χ4v) is 4.98. The molecular weight excluding hydrogens is 442 g/mol. The van der Waals surface area contributed by atoms with Crippen molar-refractivity contribution in [2.45, 2.75) is 24.2 Å². The fourth-order valence-electron chi connectivity index (χ4n) is 4.37. The maximum atomic E-state index is 12.0. The number of rotatable bonds is 5. The quantitative estimate of drug-likeness (QED) is 0.383. The zero-order valence-corrected chi connectivity index (χ0v) is 20.0. The molecule has 0 saturated heterocycles. The third-order valence-corrected chi connectivity index (χ3v) is 7.23. The molecule has 34 heavy (non-hydrogen) atoms. The monoisotopic (exact) mass is 465 g/mol. The highest BCUT2D eigenvalue weighted by molar-refractivity contribution is 7.90. The van der Waals surface area contributed by atoms with Crippen LogP contribution in [-0.4, -0.2) is 19.2 Å². The fraction of sp³-hybridized carbons (Fsp3) is 0.143. The second-order valence-corrected chi connectivity index (χ2v) is 10.7. The standard InChI is InChI=1S/C28H23N3O2S/c1-28(2,26-13-6-7-14-27(26)31-16-15-21(19-31)34(3,32)33)25-12-5-4-10-23(25)22-11-8-9-20(17-29)24(22)18-30/h4-16,19H,1-3H3. The summed E-state index contributed by atoms with van der Waals surface area (Å²) in [4.78, 5) is 0.257. The van der Waals surface area contributed by atoms with Crippen LogP contribution in [0, 0.1) is 22.7 Å². The van der Waals surface area contributed by atoms with Crippen LogP contribution in [-0.2, 0) is 15.3 Å². The van der Waals surface area contributed by atoms with Gasteiger partial charge in [0.05, 0.1) is 16.0 Å². The van der Waals surface area contributed by atoms with Crippen molar-refractivity contribution < 1.29 is 8.42 Å². The lowest BCUT2D eigenvalue weighted by Crippen LogP contribution is -2.22. The highest BCUT2D eigenvalue weighted by Crippen LogP contribution is 2.41. The molecule has 0 bridgehead atoms. The predicted octanol–water partition coefficient (Wildman–Crippen LogP) is 5.62. The molecule has 0 atom stereocenters. The molecule has 3 aromatic carbocycles. The molecule has 168 valence electrons. The van der Waals surface area contributed by atoms with Crippen molar-refractivity contribution in [1.82, 2.24) is 4.57 Å². The maximum Gasteiger partial charge on any atom is 0.177 e. The van der Waals surface area contributed by atoms with E-state index in [1.807, 2.05) is 59.2 Å². The molecule has 0 spiro atoms. The lowest BCUT2D eigenvalue weighted by molar-refractivity contribution is 0.602. The summed E-state index contributed by atoms with van der Waals surface area (Å²) in [5.74, 6) is 0. The van der Waals surface area contributed by atoms with Gasteiger partial charge in [-0.15, -0.1) is 0 Å². The molecule has 1 aromatic heterocycles. The van der Waals surface area contributed by atoms with Crippen molar-refractivity contribution in [3.8, 4) is 29.0 Å². The van der Waals surface area contributed by atoms with Crippen molar-refractivity contribution in [1.29, 1.82) is 10.5 Å². The number of sulfone groups is 1. The Hall–Kier alpha value is -4.13. The van der Waals surface area contributed by atoms with E-state index in [4.69, 9.17) is 0 Å². The van der Waals surface area contributed by atoms with Crippen LogP contribution in [0.4, 0.5) is 0 Å². The van der Waals surface area contributed by atoms with Crippen LogP contribution in [0.3, 0.4) is 0 Å². The molecule has 0 saturated carbocycles. The van der Waals surface area contributed by atoms with Gasteiger partial charge in [0.25, 0.3) is 0 Å². The van der Waals surface area contributed by atoms with Crippen molar-refractivity contribution in [3.05, 3.63) is 107 Å². The van der Waals surface area contributed by atoms with Crippen molar-refractivity contribution in [2.24, 2.45) is 0 Å². The van der Waals surface area contributed by atoms with Crippen LogP contribution in [0.5, 0.6) is 0 Å². The van der Waals surface area contributed by atoms with Gasteiger partial charge in [0, 0.05) is 35.3 Å². The maximum absolute atomic E-state index is 12.0. The highest BCUT2D eigenvalue weighted by Gasteiger charge is 2.30. The van der Waals surface area contributed by atoms with E-state index >= 15 is 0 Å². The average molecular weight is 466 g/mol. The van der Waals surface area contributed by atoms with E-state index in [0.29, 0.717) is 16.7 Å². The Morgan fingerprint density at radius 1 is 0.794 bits per heavy atom. The first-order chi connectivity index (χ1) is 16.2. The van der Waals surface area contributed by atoms with Crippen LogP contribution < -0.4 is 0 Å². The van der Waals surface area contributed by atoms with Gasteiger partial charge in [0.15, 0.2) is 9.84 Å². The van der Waals surface area contributed by atoms with Gasteiger partial charge in [-0.3, -0.25) is 0 Å². The van der Waals surface area contributed by atoms with Gasteiger partial charge >= 0.3 is 0 Å². The Balaban J connectivity index is 1.93. The van der Waals surface area contributed by atoms with Crippen molar-refractivity contribution >= 4 is 9.84 Å². The number of nitriles is 2. The Kier molecular flexibility index (Phi) is 5.87. The third-order valence-electron chi connectivity index (χ3n) is 6.14. The highest BCUT2D eigenvalue weighted by atomic mass is 32.2. The van der Waals surface area contributed by atoms with Gasteiger partial charge < -0.3 is 4.57 Å². The molecule has 0 aliphatic heterocycles. The third kappa shape index (κ3) is 4.01. The summed E-state index contributed by atoms with van der Waals surface area (Å²) in [6.45, 7) is 4.21. The van der Waals surface area contributed by atoms with Crippen LogP contribution in [0.2, 0.25) is 0 Å². The van der Waals surface area contributed by atoms with Gasteiger partial charge in [0.2, 0.25) is 0 Å². The number of aromatic nitrogens is 1. The first-order valence-electron chi connectivity index (χ1n) is 10.7. The van der Waals surface area contributed by atoms with Gasteiger partial charge in [-0.25, -0.2) is 8.42 Å². The number of hydrogen-bond acceptors (Lipinski definition) is 4. The molecule has 0 amide bonds. The molecule has 0 aliphatic carbocycles. The van der Waals surface area contributed by atoms with Gasteiger partial charge in [-0.1, -0.05) is 68.4 Å². The summed E-state index contributed by atoms with van der Waals surface area (Å²) in [6.07, 6.45) is 4.57. The van der Waals surface area contributed by atoms with Crippen LogP contribution >= 0.6 is 0 Å². The number of para-hydroxylation sites is 1. The lowest BCUT2D eigenvalue weighted by atomic mass is 9.74. The molecule has 0 radical (unpaired) electrons. The van der Waals surface area contributed by atoms with Crippen LogP contribution in [0.25, 0.3) is 16.8 Å². The van der Waals surface area contributed by atoms with Crippen molar-refractivity contribution in [2.75, 3.05) is 6.26 Å². The minimum absolute atomic E-state index is 0.257. The summed E-state index contributed by atoms with van der Waals surface area (Å²) in [5.41, 5.74) is 4.61. The smallest absolute Gasteiger partial charge is 0.177 e. The van der Waals surface area contributed by atoms with E-state index in [0.717, 1.165) is 22.4 Å². The Morgan fingerprint density at radius 3 is 2.09 bits per heavy atom. The van der Waals surface area contributed by atoms with E-state index in [9.17, 15) is 18.9 Å². The predicted molar refractivity (Wildman–Crippen MR) is 132 cm³/mol. The first-order valence-corrected chi connectivity index (χ1v) is 12.6. The van der Waals surface area contributed by atoms with Crippen LogP contribution in [0.15, 0.2) is 90.1 Å². The second-order valence-electron chi connectivity index (χ2n) is 8.67. The molecule has 5 nitrogen and oxygen atoms in total. The number of nitrogens with zero attached hydrogens (tertiary/aromatic N) is 3. The van der Waals surface area contributed by atoms with E-state index in [2.05, 4.69) is 26.0 Å². The Morgan fingerprint density at radius 2 is 1.44 bits per heavy atom. The molecule has 4 aromatic rings. The summed E-state index contributed by atoms with van der Waals surface area (Å²) in [7, 11) is -3.33. The summed E-state index contributed by atoms with van der Waals surface area (Å²) >= 11 is 0. The molecule has 0 unspecified atom stereocenters. The molecule has 0 fully saturated rings. The molecule has 6 heteroatoms. The minimum atomic E-state index is -3.33. The van der Waals surface area contributed by atoms with Gasteiger partial charge in [-0.05, 0) is 34.9 Å². The second kappa shape index (κ2) is 8.67. The van der Waals surface area contributed by atoms with E-state index < -0.39 is 15.3 Å². The normalized spacial score (nSPS) is 11.6. The molecular formula is C28H23N3O2S. The Labute approximate surface area is 200 Å². The van der Waals surface area contributed by atoms with Crippen LogP contribution in [0.1, 0.15) is 36.1 Å². The van der Waals surface area contributed by atoms with E-state index in [1.54, 1.807) is 30.6 Å². The van der Waals surface area contributed by atoms with Gasteiger partial charge in [0.1, 0.15) is 12.1 Å². The molecule has 1 heterocycles. The number of benzene rings is 3. The zero-order valence-electron chi connectivity index (χ0n) is 19.1. The number of hydrogen-bond donors (Lipinski definition) is 0. The summed E-state index contributed by atoms with van der Waals surface area (Å²) in [5, 5.41) is 19.3. The SMILES string of the molecule is CC(C)(c1ccccc1-c1cccc(C#N)c1C#N)c1ccccc1-n1ccc(S(C)(=O)=O)c1. The molecule has 4 rings (SSSR count). The van der Waals surface area contributed by atoms with E-state index in [-0.39, 0.29) is 4.90 Å².